The average molecular weight is 354 g/mol. The van der Waals surface area contributed by atoms with Crippen LogP contribution in [0.1, 0.15) is 69.4 Å². The predicted molar refractivity (Wildman–Crippen MR) is 107 cm³/mol. The van der Waals surface area contributed by atoms with Crippen LogP contribution >= 0.6 is 0 Å². The summed E-state index contributed by atoms with van der Waals surface area (Å²) in [5, 5.41) is 8.39. The lowest BCUT2D eigenvalue weighted by atomic mass is 9.79. The van der Waals surface area contributed by atoms with E-state index in [9.17, 15) is 4.39 Å². The smallest absolute Gasteiger partial charge is 0.195 e. The third-order valence-electron chi connectivity index (χ3n) is 5.51. The maximum atomic E-state index is 12.7. The predicted octanol–water partition coefficient (Wildman–Crippen LogP) is 7.09. The standard InChI is InChI=1S/C24H32FN/c1-2-6-20-11-13-21(14-12-20)7-3-4-8-22-15-17-23(18-16-22)9-5-10-24(25)19-26/h5,9-14,22-23H,2-4,6-8,15-18H2,1H3/b9-5+,24-10-/t22-,23-. The molecule has 0 atom stereocenters. The molecular formula is C24H32FN. The van der Waals surface area contributed by atoms with Gasteiger partial charge in [0.2, 0.25) is 0 Å². The largest absolute Gasteiger partial charge is 0.199 e. The van der Waals surface area contributed by atoms with Gasteiger partial charge >= 0.3 is 0 Å². The fraction of sp³-hybridized carbons (Fsp3) is 0.542. The zero-order chi connectivity index (χ0) is 18.6. The summed E-state index contributed by atoms with van der Waals surface area (Å²) in [6.45, 7) is 2.23. The van der Waals surface area contributed by atoms with E-state index < -0.39 is 5.83 Å². The Morgan fingerprint density at radius 2 is 1.73 bits per heavy atom. The first-order valence-corrected chi connectivity index (χ1v) is 10.2. The van der Waals surface area contributed by atoms with Crippen LogP contribution in [0.15, 0.2) is 48.3 Å². The molecule has 0 amide bonds. The fourth-order valence-corrected chi connectivity index (χ4v) is 3.93. The Labute approximate surface area is 158 Å². The van der Waals surface area contributed by atoms with Crippen LogP contribution in [0.25, 0.3) is 0 Å². The van der Waals surface area contributed by atoms with E-state index in [4.69, 9.17) is 5.26 Å². The van der Waals surface area contributed by atoms with Crippen LogP contribution < -0.4 is 0 Å². The minimum atomic E-state index is -0.713. The number of nitriles is 1. The van der Waals surface area contributed by atoms with Crippen LogP contribution in [-0.4, -0.2) is 0 Å². The molecule has 0 bridgehead atoms. The molecule has 140 valence electrons. The molecule has 1 aromatic rings. The Morgan fingerprint density at radius 1 is 1.08 bits per heavy atom. The first kappa shape index (κ1) is 20.4. The highest BCUT2D eigenvalue weighted by Crippen LogP contribution is 2.32. The number of rotatable bonds is 9. The lowest BCUT2D eigenvalue weighted by molar-refractivity contribution is 0.289. The van der Waals surface area contributed by atoms with Crippen LogP contribution in [0.5, 0.6) is 0 Å². The van der Waals surface area contributed by atoms with Crippen molar-refractivity contribution in [3.63, 3.8) is 0 Å². The van der Waals surface area contributed by atoms with Crippen molar-refractivity contribution in [2.45, 2.75) is 71.1 Å². The van der Waals surface area contributed by atoms with E-state index in [-0.39, 0.29) is 0 Å². The molecule has 2 heteroatoms. The van der Waals surface area contributed by atoms with Gasteiger partial charge in [-0.3, -0.25) is 0 Å². The van der Waals surface area contributed by atoms with Gasteiger partial charge in [-0.2, -0.15) is 9.65 Å². The molecule has 0 N–H and O–H groups in total. The van der Waals surface area contributed by atoms with Gasteiger partial charge in [0, 0.05) is 0 Å². The average Bonchev–Trinajstić information content (AvgIpc) is 2.67. The highest BCUT2D eigenvalue weighted by atomic mass is 19.1. The molecule has 0 saturated heterocycles. The molecule has 0 unspecified atom stereocenters. The maximum Gasteiger partial charge on any atom is 0.199 e. The molecule has 26 heavy (non-hydrogen) atoms. The normalized spacial score (nSPS) is 21.0. The summed E-state index contributed by atoms with van der Waals surface area (Å²) in [5.41, 5.74) is 2.92. The lowest BCUT2D eigenvalue weighted by Gasteiger charge is -2.26. The lowest BCUT2D eigenvalue weighted by Crippen LogP contribution is -2.13. The summed E-state index contributed by atoms with van der Waals surface area (Å²) in [4.78, 5) is 0. The third-order valence-corrected chi connectivity index (χ3v) is 5.51. The monoisotopic (exact) mass is 353 g/mol. The summed E-state index contributed by atoms with van der Waals surface area (Å²) in [5.74, 6) is 0.698. The molecule has 2 rings (SSSR count). The van der Waals surface area contributed by atoms with E-state index >= 15 is 0 Å². The second kappa shape index (κ2) is 11.7. The Hall–Kier alpha value is -1.88. The number of unbranched alkanes of at least 4 members (excludes halogenated alkanes) is 1. The number of nitrogens with zero attached hydrogens (tertiary/aromatic N) is 1. The number of allylic oxidation sites excluding steroid dienone is 4. The quantitative estimate of drug-likeness (QED) is 0.264. The minimum Gasteiger partial charge on any atom is -0.195 e. The number of hydrogen-bond donors (Lipinski definition) is 0. The van der Waals surface area contributed by atoms with Crippen molar-refractivity contribution in [3.8, 4) is 6.07 Å². The van der Waals surface area contributed by atoms with Crippen molar-refractivity contribution in [2.75, 3.05) is 0 Å². The van der Waals surface area contributed by atoms with Gasteiger partial charge in [0.05, 0.1) is 0 Å². The first-order valence-electron chi connectivity index (χ1n) is 10.2. The summed E-state index contributed by atoms with van der Waals surface area (Å²) in [7, 11) is 0. The highest BCUT2D eigenvalue weighted by molar-refractivity contribution is 5.22. The molecule has 1 aromatic carbocycles. The van der Waals surface area contributed by atoms with Gasteiger partial charge in [-0.25, -0.2) is 0 Å². The third kappa shape index (κ3) is 7.56. The van der Waals surface area contributed by atoms with Gasteiger partial charge in [-0.1, -0.05) is 62.6 Å². The molecule has 1 saturated carbocycles. The van der Waals surface area contributed by atoms with Crippen molar-refractivity contribution < 1.29 is 4.39 Å². The van der Waals surface area contributed by atoms with E-state index in [0.717, 1.165) is 5.92 Å². The van der Waals surface area contributed by atoms with Crippen LogP contribution in [0, 0.1) is 23.2 Å². The molecule has 1 nitrogen and oxygen atoms in total. The summed E-state index contributed by atoms with van der Waals surface area (Å²) in [6, 6.07) is 10.7. The number of hydrogen-bond acceptors (Lipinski definition) is 1. The first-order chi connectivity index (χ1) is 12.7. The van der Waals surface area contributed by atoms with Crippen molar-refractivity contribution in [1.82, 2.24) is 0 Å². The number of benzene rings is 1. The summed E-state index contributed by atoms with van der Waals surface area (Å²) < 4.78 is 12.7. The highest BCUT2D eigenvalue weighted by Gasteiger charge is 2.18. The minimum absolute atomic E-state index is 0.552. The van der Waals surface area contributed by atoms with E-state index in [1.165, 1.54) is 87.5 Å². The topological polar surface area (TPSA) is 23.8 Å². The van der Waals surface area contributed by atoms with E-state index in [2.05, 4.69) is 37.3 Å². The molecule has 0 heterocycles. The maximum absolute atomic E-state index is 12.7. The van der Waals surface area contributed by atoms with Crippen molar-refractivity contribution in [3.05, 3.63) is 59.4 Å². The zero-order valence-electron chi connectivity index (χ0n) is 16.1. The van der Waals surface area contributed by atoms with Gasteiger partial charge in [-0.05, 0) is 74.0 Å². The molecule has 0 radical (unpaired) electrons. The van der Waals surface area contributed by atoms with Gasteiger partial charge < -0.3 is 0 Å². The van der Waals surface area contributed by atoms with Crippen molar-refractivity contribution in [1.29, 1.82) is 5.26 Å². The number of aryl methyl sites for hydroxylation is 2. The number of halogens is 1. The summed E-state index contributed by atoms with van der Waals surface area (Å²) in [6.07, 6.45) is 17.5. The molecule has 0 spiro atoms. The SMILES string of the molecule is CCCc1ccc(CCCC[C@H]2CC[C@H](/C=C/C=C(\F)C#N)CC2)cc1. The Morgan fingerprint density at radius 3 is 2.35 bits per heavy atom. The van der Waals surface area contributed by atoms with Crippen LogP contribution in [-0.2, 0) is 12.8 Å². The second-order valence-corrected chi connectivity index (χ2v) is 7.60. The van der Waals surface area contributed by atoms with Crippen LogP contribution in [0.2, 0.25) is 0 Å². The van der Waals surface area contributed by atoms with Crippen molar-refractivity contribution in [2.24, 2.45) is 11.8 Å². The van der Waals surface area contributed by atoms with E-state index in [1.807, 2.05) is 0 Å². The Bertz CT molecular complexity index is 613. The molecule has 0 aliphatic heterocycles. The zero-order valence-corrected chi connectivity index (χ0v) is 16.1. The van der Waals surface area contributed by atoms with Gasteiger partial charge in [0.25, 0.3) is 0 Å². The van der Waals surface area contributed by atoms with Gasteiger partial charge in [0.15, 0.2) is 5.83 Å². The van der Waals surface area contributed by atoms with E-state index in [1.54, 1.807) is 6.08 Å². The fourth-order valence-electron chi connectivity index (χ4n) is 3.93. The van der Waals surface area contributed by atoms with Gasteiger partial charge in [-0.15, -0.1) is 0 Å². The molecule has 1 aliphatic carbocycles. The summed E-state index contributed by atoms with van der Waals surface area (Å²) >= 11 is 0. The Kier molecular flexibility index (Phi) is 9.18. The van der Waals surface area contributed by atoms with Crippen molar-refractivity contribution >= 4 is 0 Å². The molecule has 1 aliphatic rings. The van der Waals surface area contributed by atoms with Gasteiger partial charge in [0.1, 0.15) is 6.07 Å². The van der Waals surface area contributed by atoms with E-state index in [0.29, 0.717) is 5.92 Å². The Balaban J connectivity index is 1.59. The van der Waals surface area contributed by atoms with Crippen LogP contribution in [0.3, 0.4) is 0 Å². The molecule has 1 fully saturated rings. The molecular weight excluding hydrogens is 321 g/mol. The molecule has 0 aromatic heterocycles. The second-order valence-electron chi connectivity index (χ2n) is 7.60. The van der Waals surface area contributed by atoms with Crippen LogP contribution in [0.4, 0.5) is 4.39 Å².